The van der Waals surface area contributed by atoms with E-state index in [2.05, 4.69) is 33.0 Å². The van der Waals surface area contributed by atoms with E-state index in [-0.39, 0.29) is 6.04 Å². The van der Waals surface area contributed by atoms with Crippen LogP contribution in [0.25, 0.3) is 0 Å². The summed E-state index contributed by atoms with van der Waals surface area (Å²) >= 11 is 0. The molecule has 102 valence electrons. The van der Waals surface area contributed by atoms with Gasteiger partial charge < -0.3 is 15.8 Å². The normalized spacial score (nSPS) is 23.6. The molecule has 1 unspecified atom stereocenters. The van der Waals surface area contributed by atoms with Gasteiger partial charge in [0.25, 0.3) is 0 Å². The lowest BCUT2D eigenvalue weighted by atomic mass is 10.0. The van der Waals surface area contributed by atoms with Crippen LogP contribution in [0.2, 0.25) is 0 Å². The van der Waals surface area contributed by atoms with E-state index in [4.69, 9.17) is 10.5 Å². The number of methoxy groups -OCH3 is 1. The Morgan fingerprint density at radius 3 is 2.29 bits per heavy atom. The Labute approximate surface area is 106 Å². The molecule has 1 atom stereocenters. The van der Waals surface area contributed by atoms with E-state index in [1.807, 2.05) is 0 Å². The lowest BCUT2D eigenvalue weighted by Gasteiger charge is -2.13. The minimum Gasteiger partial charge on any atom is -0.385 e. The van der Waals surface area contributed by atoms with Crippen molar-refractivity contribution in [2.75, 3.05) is 26.8 Å². The van der Waals surface area contributed by atoms with Crippen LogP contribution >= 0.6 is 0 Å². The van der Waals surface area contributed by atoms with Crippen LogP contribution in [0, 0.1) is 16.7 Å². The second kappa shape index (κ2) is 5.68. The van der Waals surface area contributed by atoms with E-state index in [0.29, 0.717) is 10.8 Å². The maximum atomic E-state index is 6.04. The summed E-state index contributed by atoms with van der Waals surface area (Å²) in [6.45, 7) is 12.3. The number of ether oxygens (including phenoxy) is 1. The fraction of sp³-hybridized carbons (Fsp3) is 1.00. The van der Waals surface area contributed by atoms with Crippen LogP contribution in [-0.2, 0) is 4.74 Å². The molecule has 0 aliphatic heterocycles. The Morgan fingerprint density at radius 2 is 1.82 bits per heavy atom. The van der Waals surface area contributed by atoms with Crippen LogP contribution in [0.4, 0.5) is 0 Å². The van der Waals surface area contributed by atoms with Crippen LogP contribution in [0.5, 0.6) is 0 Å². The van der Waals surface area contributed by atoms with Gasteiger partial charge >= 0.3 is 0 Å². The predicted molar refractivity (Wildman–Crippen MR) is 73.0 cm³/mol. The van der Waals surface area contributed by atoms with Gasteiger partial charge in [0.15, 0.2) is 0 Å². The average molecular weight is 242 g/mol. The summed E-state index contributed by atoms with van der Waals surface area (Å²) in [5.41, 5.74) is 6.98. The van der Waals surface area contributed by atoms with Gasteiger partial charge in [0.1, 0.15) is 0 Å². The molecule has 1 aliphatic rings. The Bertz CT molecular complexity index is 224. The summed E-state index contributed by atoms with van der Waals surface area (Å²) in [5.74, 6) is 0.779. The molecule has 1 fully saturated rings. The van der Waals surface area contributed by atoms with Crippen molar-refractivity contribution in [3.8, 4) is 0 Å². The van der Waals surface area contributed by atoms with Gasteiger partial charge in [-0.15, -0.1) is 0 Å². The van der Waals surface area contributed by atoms with E-state index in [1.54, 1.807) is 7.11 Å². The molecule has 3 heteroatoms. The Kier molecular flexibility index (Phi) is 4.99. The zero-order chi connectivity index (χ0) is 13.1. The topological polar surface area (TPSA) is 47.3 Å². The minimum absolute atomic E-state index is 0.259. The first-order valence-electron chi connectivity index (χ1n) is 6.79. The van der Waals surface area contributed by atoms with Crippen LogP contribution in [0.15, 0.2) is 0 Å². The molecule has 0 bridgehead atoms. The lowest BCUT2D eigenvalue weighted by Crippen LogP contribution is -2.35. The standard InChI is InChI=1S/C14H30N2O/c1-13(2)12(14(13,3)4)10-16-9-11(15)7-6-8-17-5/h11-12,16H,6-10,15H2,1-5H3. The van der Waals surface area contributed by atoms with Crippen LogP contribution in [0.3, 0.4) is 0 Å². The molecule has 0 spiro atoms. The van der Waals surface area contributed by atoms with Gasteiger partial charge in [-0.2, -0.15) is 0 Å². The van der Waals surface area contributed by atoms with Crippen LogP contribution in [0.1, 0.15) is 40.5 Å². The second-order valence-electron chi connectivity index (χ2n) is 6.55. The summed E-state index contributed by atoms with van der Waals surface area (Å²) in [7, 11) is 1.74. The highest BCUT2D eigenvalue weighted by Crippen LogP contribution is 2.67. The van der Waals surface area contributed by atoms with E-state index in [1.165, 1.54) is 0 Å². The highest BCUT2D eigenvalue weighted by Gasteiger charge is 2.63. The highest BCUT2D eigenvalue weighted by atomic mass is 16.5. The number of nitrogens with one attached hydrogen (secondary N) is 1. The van der Waals surface area contributed by atoms with Gasteiger partial charge in [0, 0.05) is 26.3 Å². The van der Waals surface area contributed by atoms with Gasteiger partial charge in [-0.1, -0.05) is 27.7 Å². The molecule has 0 aromatic rings. The molecule has 3 N–H and O–H groups in total. The molecule has 0 radical (unpaired) electrons. The molecule has 0 amide bonds. The molecule has 0 aromatic carbocycles. The molecule has 3 nitrogen and oxygen atoms in total. The fourth-order valence-electron chi connectivity index (χ4n) is 2.85. The first-order chi connectivity index (χ1) is 7.84. The minimum atomic E-state index is 0.259. The van der Waals surface area contributed by atoms with Gasteiger partial charge in [0.05, 0.1) is 0 Å². The van der Waals surface area contributed by atoms with Crippen molar-refractivity contribution in [3.05, 3.63) is 0 Å². The lowest BCUT2D eigenvalue weighted by molar-refractivity contribution is 0.190. The van der Waals surface area contributed by atoms with Crippen molar-refractivity contribution in [2.45, 2.75) is 46.6 Å². The van der Waals surface area contributed by atoms with Crippen molar-refractivity contribution in [2.24, 2.45) is 22.5 Å². The van der Waals surface area contributed by atoms with E-state index < -0.39 is 0 Å². The Hall–Kier alpha value is -0.120. The summed E-state index contributed by atoms with van der Waals surface area (Å²) in [5, 5.41) is 3.52. The van der Waals surface area contributed by atoms with E-state index in [0.717, 1.165) is 38.5 Å². The third-order valence-electron chi connectivity index (χ3n) is 5.00. The smallest absolute Gasteiger partial charge is 0.0462 e. The SMILES string of the molecule is COCCCC(N)CNCC1C(C)(C)C1(C)C. The average Bonchev–Trinajstić information content (AvgIpc) is 2.61. The largest absolute Gasteiger partial charge is 0.385 e. The molecular formula is C14H30N2O. The van der Waals surface area contributed by atoms with Gasteiger partial charge in [0.2, 0.25) is 0 Å². The fourth-order valence-corrected chi connectivity index (χ4v) is 2.85. The molecular weight excluding hydrogens is 212 g/mol. The molecule has 1 aliphatic carbocycles. The van der Waals surface area contributed by atoms with Gasteiger partial charge in [-0.25, -0.2) is 0 Å². The van der Waals surface area contributed by atoms with Gasteiger partial charge in [-0.05, 0) is 36.1 Å². The Balaban J connectivity index is 2.09. The third-order valence-corrected chi connectivity index (χ3v) is 5.00. The third kappa shape index (κ3) is 3.43. The van der Waals surface area contributed by atoms with Crippen molar-refractivity contribution >= 4 is 0 Å². The number of hydrogen-bond donors (Lipinski definition) is 2. The van der Waals surface area contributed by atoms with Crippen LogP contribution in [-0.4, -0.2) is 32.8 Å². The van der Waals surface area contributed by atoms with E-state index in [9.17, 15) is 0 Å². The second-order valence-corrected chi connectivity index (χ2v) is 6.55. The monoisotopic (exact) mass is 242 g/mol. The molecule has 0 heterocycles. The molecule has 1 rings (SSSR count). The maximum Gasteiger partial charge on any atom is 0.0462 e. The summed E-state index contributed by atoms with van der Waals surface area (Å²) < 4.78 is 5.02. The maximum absolute atomic E-state index is 6.04. The van der Waals surface area contributed by atoms with E-state index >= 15 is 0 Å². The highest BCUT2D eigenvalue weighted by molar-refractivity contribution is 5.12. The molecule has 17 heavy (non-hydrogen) atoms. The summed E-state index contributed by atoms with van der Waals surface area (Å²) in [4.78, 5) is 0. The zero-order valence-corrected chi connectivity index (χ0v) is 12.2. The van der Waals surface area contributed by atoms with Crippen molar-refractivity contribution < 1.29 is 4.74 Å². The zero-order valence-electron chi connectivity index (χ0n) is 12.2. The summed E-state index contributed by atoms with van der Waals surface area (Å²) in [6.07, 6.45) is 2.10. The first-order valence-corrected chi connectivity index (χ1v) is 6.79. The first kappa shape index (κ1) is 14.9. The van der Waals surface area contributed by atoms with Crippen LogP contribution < -0.4 is 11.1 Å². The molecule has 0 aromatic heterocycles. The van der Waals surface area contributed by atoms with Crippen molar-refractivity contribution in [1.29, 1.82) is 0 Å². The quantitative estimate of drug-likeness (QED) is 0.640. The Morgan fingerprint density at radius 1 is 1.24 bits per heavy atom. The van der Waals surface area contributed by atoms with Crippen molar-refractivity contribution in [1.82, 2.24) is 5.32 Å². The molecule has 1 saturated carbocycles. The predicted octanol–water partition coefficient (Wildman–Crippen LogP) is 2.01. The van der Waals surface area contributed by atoms with Crippen molar-refractivity contribution in [3.63, 3.8) is 0 Å². The number of nitrogens with two attached hydrogens (primary N) is 1. The molecule has 0 saturated heterocycles. The summed E-state index contributed by atoms with van der Waals surface area (Å²) in [6, 6.07) is 0.259. The number of hydrogen-bond acceptors (Lipinski definition) is 3. The number of rotatable bonds is 8. The van der Waals surface area contributed by atoms with Gasteiger partial charge in [-0.3, -0.25) is 0 Å².